The van der Waals surface area contributed by atoms with Crippen LogP contribution >= 0.6 is 0 Å². The average Bonchev–Trinajstić information content (AvgIpc) is 3.45. The number of pyridine rings is 1. The first-order valence-corrected chi connectivity index (χ1v) is 10.7. The fraction of sp³-hybridized carbons (Fsp3) is 0.258. The molecule has 0 bridgehead atoms. The van der Waals surface area contributed by atoms with Crippen molar-refractivity contribution in [2.45, 2.75) is 45.6 Å². The standard InChI is InChI=1S/C31H30NO/c1-18(2)20-15-16-32(6)25(17-20)27-19(3)11-12-23-28-26(33-30(23)27)14-13-22-21-9-7-8-10-24(21)31(4,5)29(22)28/h7-18H,1-6H3/q+1/i1D3,2D3,4D3,5D3,18D. The van der Waals surface area contributed by atoms with Crippen LogP contribution in [-0.2, 0) is 12.5 Å². The summed E-state index contributed by atoms with van der Waals surface area (Å²) in [6.45, 7) is -10.6. The quantitative estimate of drug-likeness (QED) is 0.253. The molecule has 0 unspecified atom stereocenters. The molecule has 5 aromatic rings. The largest absolute Gasteiger partial charge is 0.455 e. The lowest BCUT2D eigenvalue weighted by Crippen LogP contribution is -2.31. The minimum absolute atomic E-state index is 0.118. The van der Waals surface area contributed by atoms with Gasteiger partial charge in [0.15, 0.2) is 6.20 Å². The smallest absolute Gasteiger partial charge is 0.216 e. The monoisotopic (exact) mass is 445 g/mol. The summed E-state index contributed by atoms with van der Waals surface area (Å²) >= 11 is 0. The molecule has 3 aromatic carbocycles. The van der Waals surface area contributed by atoms with Gasteiger partial charge in [-0.1, -0.05) is 69.9 Å². The van der Waals surface area contributed by atoms with Gasteiger partial charge in [0, 0.05) is 46.1 Å². The highest BCUT2D eigenvalue weighted by Gasteiger charge is 2.38. The maximum atomic E-state index is 8.74. The number of hydrogen-bond acceptors (Lipinski definition) is 1. The number of aromatic nitrogens is 1. The Bertz CT molecular complexity index is 2020. The van der Waals surface area contributed by atoms with E-state index >= 15 is 0 Å². The van der Waals surface area contributed by atoms with Crippen LogP contribution in [0, 0.1) is 6.92 Å². The minimum atomic E-state index is -3.20. The SMILES string of the molecule is [2H]C([2H])([2H])C([2H])(c1cc[n+](C)c(-c2c(C)ccc3c2oc2ccc4c(c23)C(C([2H])([2H])[2H])(C([2H])([2H])[2H])c2ccccc2-4)c1)C([2H])([2H])[2H]. The second-order valence-electron chi connectivity index (χ2n) is 8.68. The lowest BCUT2D eigenvalue weighted by molar-refractivity contribution is -0.660. The molecule has 0 saturated carbocycles. The first-order valence-electron chi connectivity index (χ1n) is 17.2. The number of aryl methyl sites for hydroxylation is 2. The van der Waals surface area contributed by atoms with Gasteiger partial charge in [-0.25, -0.2) is 4.57 Å². The van der Waals surface area contributed by atoms with Crippen LogP contribution in [0.4, 0.5) is 0 Å². The van der Waals surface area contributed by atoms with Gasteiger partial charge in [-0.2, -0.15) is 0 Å². The highest BCUT2D eigenvalue weighted by atomic mass is 16.3. The molecule has 2 heterocycles. The molecule has 0 atom stereocenters. The molecule has 164 valence electrons. The van der Waals surface area contributed by atoms with Gasteiger partial charge in [0.05, 0.1) is 5.56 Å². The maximum Gasteiger partial charge on any atom is 0.216 e. The van der Waals surface area contributed by atoms with E-state index < -0.39 is 38.7 Å². The van der Waals surface area contributed by atoms with Crippen LogP contribution in [0.2, 0.25) is 0 Å². The molecule has 0 N–H and O–H groups in total. The van der Waals surface area contributed by atoms with Crippen molar-refractivity contribution in [1.29, 1.82) is 0 Å². The average molecular weight is 446 g/mol. The summed E-state index contributed by atoms with van der Waals surface area (Å²) in [6.07, 6.45) is 1.48. The van der Waals surface area contributed by atoms with Gasteiger partial charge < -0.3 is 4.42 Å². The molecule has 2 heteroatoms. The Morgan fingerprint density at radius 1 is 1.00 bits per heavy atom. The van der Waals surface area contributed by atoms with E-state index in [1.807, 2.05) is 0 Å². The molecule has 0 spiro atoms. The molecule has 1 aliphatic carbocycles. The third kappa shape index (κ3) is 2.70. The molecule has 2 nitrogen and oxygen atoms in total. The van der Waals surface area contributed by atoms with Crippen molar-refractivity contribution in [1.82, 2.24) is 0 Å². The highest BCUT2D eigenvalue weighted by molar-refractivity contribution is 6.14. The van der Waals surface area contributed by atoms with E-state index in [2.05, 4.69) is 0 Å². The van der Waals surface area contributed by atoms with Crippen molar-refractivity contribution in [3.05, 3.63) is 89.1 Å². The summed E-state index contributed by atoms with van der Waals surface area (Å²) in [4.78, 5) is 0. The highest BCUT2D eigenvalue weighted by Crippen LogP contribution is 2.53. The van der Waals surface area contributed by atoms with E-state index in [-0.39, 0.29) is 27.9 Å². The van der Waals surface area contributed by atoms with Gasteiger partial charge in [-0.15, -0.1) is 0 Å². The first-order chi connectivity index (χ1) is 21.1. The van der Waals surface area contributed by atoms with Crippen LogP contribution in [0.5, 0.6) is 0 Å². The van der Waals surface area contributed by atoms with Crippen molar-refractivity contribution in [2.75, 3.05) is 0 Å². The molecule has 33 heavy (non-hydrogen) atoms. The zero-order chi connectivity index (χ0) is 34.0. The van der Waals surface area contributed by atoms with Gasteiger partial charge >= 0.3 is 0 Å². The molecule has 6 rings (SSSR count). The Labute approximate surface area is 213 Å². The van der Waals surface area contributed by atoms with E-state index in [0.717, 1.165) is 0 Å². The Balaban J connectivity index is 1.74. The van der Waals surface area contributed by atoms with Crippen LogP contribution in [0.3, 0.4) is 0 Å². The van der Waals surface area contributed by atoms with Gasteiger partial charge in [-0.3, -0.25) is 0 Å². The van der Waals surface area contributed by atoms with E-state index in [9.17, 15) is 0 Å². The third-order valence-electron chi connectivity index (χ3n) is 6.71. The van der Waals surface area contributed by atoms with E-state index in [1.165, 1.54) is 18.3 Å². The Hall–Kier alpha value is -3.39. The zero-order valence-corrected chi connectivity index (χ0v) is 18.2. The molecule has 0 radical (unpaired) electrons. The number of benzene rings is 3. The lowest BCUT2D eigenvalue weighted by Gasteiger charge is -2.22. The van der Waals surface area contributed by atoms with Gasteiger partial charge in [0.1, 0.15) is 18.2 Å². The molecule has 0 saturated heterocycles. The van der Waals surface area contributed by atoms with E-state index in [4.69, 9.17) is 22.2 Å². The Morgan fingerprint density at radius 2 is 1.85 bits per heavy atom. The van der Waals surface area contributed by atoms with Gasteiger partial charge in [-0.05, 0) is 52.3 Å². The van der Waals surface area contributed by atoms with Crippen LogP contribution in [0.1, 0.15) is 73.4 Å². The van der Waals surface area contributed by atoms with E-state index in [0.29, 0.717) is 38.7 Å². The van der Waals surface area contributed by atoms with Gasteiger partial charge in [0.25, 0.3) is 0 Å². The Morgan fingerprint density at radius 3 is 2.67 bits per heavy atom. The molecule has 2 aromatic heterocycles. The summed E-state index contributed by atoms with van der Waals surface area (Å²) in [6, 6.07) is 16.1. The van der Waals surface area contributed by atoms with Gasteiger partial charge in [0.2, 0.25) is 5.69 Å². The molecule has 0 fully saturated rings. The van der Waals surface area contributed by atoms with Crippen LogP contribution in [0.15, 0.2) is 71.3 Å². The van der Waals surface area contributed by atoms with Crippen molar-refractivity contribution < 1.29 is 26.8 Å². The fourth-order valence-electron chi connectivity index (χ4n) is 5.12. The number of fused-ring (bicyclic) bond motifs is 7. The van der Waals surface area contributed by atoms with Crippen molar-refractivity contribution >= 4 is 21.9 Å². The number of rotatable bonds is 2. The summed E-state index contributed by atoms with van der Waals surface area (Å²) < 4.78 is 117. The van der Waals surface area contributed by atoms with Crippen molar-refractivity contribution in [3.63, 3.8) is 0 Å². The number of nitrogens with zero attached hydrogens (tertiary/aromatic N) is 1. The second kappa shape index (κ2) is 6.81. The van der Waals surface area contributed by atoms with Crippen molar-refractivity contribution in [3.8, 4) is 22.4 Å². The molecule has 0 aliphatic heterocycles. The van der Waals surface area contributed by atoms with E-state index in [1.54, 1.807) is 67.1 Å². The Kier molecular flexibility index (Phi) is 2.21. The van der Waals surface area contributed by atoms with Crippen LogP contribution < -0.4 is 4.57 Å². The normalized spacial score (nSPS) is 21.9. The zero-order valence-electron chi connectivity index (χ0n) is 31.2. The molecule has 0 amide bonds. The molecular formula is C31H30NO+. The molecule has 1 aliphatic rings. The van der Waals surface area contributed by atoms with Crippen molar-refractivity contribution in [2.24, 2.45) is 7.05 Å². The summed E-state index contributed by atoms with van der Waals surface area (Å²) in [7, 11) is 1.68. The summed E-state index contributed by atoms with van der Waals surface area (Å²) in [5, 5.41) is 0.767. The number of hydrogen-bond donors (Lipinski definition) is 0. The minimum Gasteiger partial charge on any atom is -0.455 e. The van der Waals surface area contributed by atoms with Crippen LogP contribution in [0.25, 0.3) is 44.3 Å². The lowest BCUT2D eigenvalue weighted by atomic mass is 9.80. The van der Waals surface area contributed by atoms with Crippen LogP contribution in [-0.4, -0.2) is 0 Å². The predicted octanol–water partition coefficient (Wildman–Crippen LogP) is 7.82. The predicted molar refractivity (Wildman–Crippen MR) is 137 cm³/mol. The topological polar surface area (TPSA) is 17.0 Å². The first kappa shape index (κ1) is 10.7. The molecular weight excluding hydrogens is 402 g/mol. The summed E-state index contributed by atoms with van der Waals surface area (Å²) in [5.41, 5.74) is 0.658. The summed E-state index contributed by atoms with van der Waals surface area (Å²) in [5.74, 6) is -2.94. The fourth-order valence-corrected chi connectivity index (χ4v) is 5.12. The maximum absolute atomic E-state index is 8.74. The third-order valence-corrected chi connectivity index (χ3v) is 6.71. The second-order valence-corrected chi connectivity index (χ2v) is 8.68. The number of furan rings is 1.